The minimum Gasteiger partial charge on any atom is -0.494 e. The van der Waals surface area contributed by atoms with Crippen LogP contribution in [0, 0.1) is 11.8 Å². The van der Waals surface area contributed by atoms with Crippen LogP contribution in [-0.2, 0) is 9.53 Å². The molecule has 1 aromatic heterocycles. The molecule has 1 atom stereocenters. The summed E-state index contributed by atoms with van der Waals surface area (Å²) >= 11 is 0. The minimum atomic E-state index is -0.205. The predicted octanol–water partition coefficient (Wildman–Crippen LogP) is 1.03. The van der Waals surface area contributed by atoms with E-state index >= 15 is 0 Å². The van der Waals surface area contributed by atoms with Gasteiger partial charge in [-0.2, -0.15) is 0 Å². The van der Waals surface area contributed by atoms with Gasteiger partial charge < -0.3 is 20.5 Å². The maximum atomic E-state index is 12.4. The fourth-order valence-electron chi connectivity index (χ4n) is 2.51. The number of nitrogens with one attached hydrogen (secondary N) is 1. The lowest BCUT2D eigenvalue weighted by atomic mass is 9.85. The van der Waals surface area contributed by atoms with Crippen molar-refractivity contribution in [1.82, 2.24) is 4.98 Å². The molecule has 1 saturated heterocycles. The molecule has 0 saturated carbocycles. The molecule has 6 nitrogen and oxygen atoms in total. The maximum Gasteiger partial charge on any atom is 0.229 e. The molecular formula is C14H21N3O3. The van der Waals surface area contributed by atoms with E-state index < -0.39 is 0 Å². The van der Waals surface area contributed by atoms with Gasteiger partial charge in [0.05, 0.1) is 19.2 Å². The quantitative estimate of drug-likeness (QED) is 0.840. The molecule has 3 N–H and O–H groups in total. The van der Waals surface area contributed by atoms with Crippen molar-refractivity contribution >= 4 is 11.6 Å². The zero-order valence-corrected chi connectivity index (χ0v) is 11.7. The monoisotopic (exact) mass is 279 g/mol. The Morgan fingerprint density at radius 2 is 2.35 bits per heavy atom. The topological polar surface area (TPSA) is 86.5 Å². The summed E-state index contributed by atoms with van der Waals surface area (Å²) in [5.41, 5.74) is 6.35. The van der Waals surface area contributed by atoms with Gasteiger partial charge in [0, 0.05) is 32.0 Å². The summed E-state index contributed by atoms with van der Waals surface area (Å²) in [5, 5.41) is 2.86. The SMILES string of the molecule is COc1ccncc1NC(=O)C(CN)C1CCOCC1. The summed E-state index contributed by atoms with van der Waals surface area (Å²) < 4.78 is 10.5. The summed E-state index contributed by atoms with van der Waals surface area (Å²) in [6.07, 6.45) is 4.95. The molecule has 1 amide bonds. The first-order chi connectivity index (χ1) is 9.76. The van der Waals surface area contributed by atoms with Crippen molar-refractivity contribution in [3.05, 3.63) is 18.5 Å². The van der Waals surface area contributed by atoms with Crippen LogP contribution in [0.1, 0.15) is 12.8 Å². The lowest BCUT2D eigenvalue weighted by Gasteiger charge is -2.28. The summed E-state index contributed by atoms with van der Waals surface area (Å²) in [7, 11) is 1.56. The van der Waals surface area contributed by atoms with E-state index in [0.29, 0.717) is 31.2 Å². The highest BCUT2D eigenvalue weighted by molar-refractivity contribution is 5.94. The molecule has 1 aliphatic heterocycles. The standard InChI is InChI=1S/C14H21N3O3/c1-19-13-2-5-16-9-12(13)17-14(18)11(8-15)10-3-6-20-7-4-10/h2,5,9-11H,3-4,6-8,15H2,1H3,(H,17,18). The van der Waals surface area contributed by atoms with E-state index in [-0.39, 0.29) is 17.7 Å². The second-order valence-electron chi connectivity index (χ2n) is 4.86. The first-order valence-electron chi connectivity index (χ1n) is 6.83. The first kappa shape index (κ1) is 14.7. The fourth-order valence-corrected chi connectivity index (χ4v) is 2.51. The molecule has 1 unspecified atom stereocenters. The molecule has 0 radical (unpaired) electrons. The Morgan fingerprint density at radius 1 is 1.60 bits per heavy atom. The smallest absolute Gasteiger partial charge is 0.229 e. The van der Waals surface area contributed by atoms with Crippen molar-refractivity contribution in [3.63, 3.8) is 0 Å². The van der Waals surface area contributed by atoms with Crippen LogP contribution < -0.4 is 15.8 Å². The summed E-state index contributed by atoms with van der Waals surface area (Å²) in [6, 6.07) is 1.71. The highest BCUT2D eigenvalue weighted by Crippen LogP contribution is 2.27. The number of carbonyl (C=O) groups excluding carboxylic acids is 1. The third-order valence-corrected chi connectivity index (χ3v) is 3.68. The normalized spacial score (nSPS) is 17.5. The number of amides is 1. The lowest BCUT2D eigenvalue weighted by molar-refractivity contribution is -0.122. The number of methoxy groups -OCH3 is 1. The Morgan fingerprint density at radius 3 is 3.00 bits per heavy atom. The molecule has 0 bridgehead atoms. The van der Waals surface area contributed by atoms with E-state index in [1.807, 2.05) is 0 Å². The average Bonchev–Trinajstić information content (AvgIpc) is 2.49. The number of pyridine rings is 1. The van der Waals surface area contributed by atoms with Gasteiger partial charge in [0.1, 0.15) is 11.4 Å². The number of nitrogens with zero attached hydrogens (tertiary/aromatic N) is 1. The Hall–Kier alpha value is -1.66. The van der Waals surface area contributed by atoms with Crippen molar-refractivity contribution < 1.29 is 14.3 Å². The van der Waals surface area contributed by atoms with Crippen LogP contribution in [0.15, 0.2) is 18.5 Å². The first-order valence-corrected chi connectivity index (χ1v) is 6.83. The Kier molecular flexibility index (Phi) is 5.31. The average molecular weight is 279 g/mol. The van der Waals surface area contributed by atoms with E-state index in [9.17, 15) is 4.79 Å². The Bertz CT molecular complexity index is 447. The van der Waals surface area contributed by atoms with Crippen molar-refractivity contribution in [2.75, 3.05) is 32.2 Å². The number of nitrogens with two attached hydrogens (primary N) is 1. The summed E-state index contributed by atoms with van der Waals surface area (Å²) in [5.74, 6) is 0.585. The number of anilines is 1. The number of hydrogen-bond acceptors (Lipinski definition) is 5. The van der Waals surface area contributed by atoms with Crippen LogP contribution in [0.3, 0.4) is 0 Å². The molecule has 0 spiro atoms. The third-order valence-electron chi connectivity index (χ3n) is 3.68. The number of ether oxygens (including phenoxy) is 2. The van der Waals surface area contributed by atoms with Crippen LogP contribution in [0.25, 0.3) is 0 Å². The van der Waals surface area contributed by atoms with Gasteiger partial charge in [-0.1, -0.05) is 0 Å². The molecule has 1 fully saturated rings. The van der Waals surface area contributed by atoms with E-state index in [0.717, 1.165) is 12.8 Å². The summed E-state index contributed by atoms with van der Waals surface area (Å²) in [6.45, 7) is 1.73. The van der Waals surface area contributed by atoms with Crippen molar-refractivity contribution in [3.8, 4) is 5.75 Å². The van der Waals surface area contributed by atoms with Gasteiger partial charge in [-0.05, 0) is 18.8 Å². The van der Waals surface area contributed by atoms with E-state index in [4.69, 9.17) is 15.2 Å². The molecule has 20 heavy (non-hydrogen) atoms. The van der Waals surface area contributed by atoms with E-state index in [2.05, 4.69) is 10.3 Å². The molecule has 0 aliphatic carbocycles. The van der Waals surface area contributed by atoms with Crippen LogP contribution in [0.5, 0.6) is 5.75 Å². The van der Waals surface area contributed by atoms with Gasteiger partial charge in [-0.3, -0.25) is 9.78 Å². The van der Waals surface area contributed by atoms with Gasteiger partial charge in [-0.15, -0.1) is 0 Å². The van der Waals surface area contributed by atoms with Crippen molar-refractivity contribution in [2.24, 2.45) is 17.6 Å². The van der Waals surface area contributed by atoms with Gasteiger partial charge >= 0.3 is 0 Å². The highest BCUT2D eigenvalue weighted by atomic mass is 16.5. The van der Waals surface area contributed by atoms with Gasteiger partial charge in [-0.25, -0.2) is 0 Å². The van der Waals surface area contributed by atoms with Crippen molar-refractivity contribution in [2.45, 2.75) is 12.8 Å². The molecule has 0 aromatic carbocycles. The van der Waals surface area contributed by atoms with Crippen LogP contribution >= 0.6 is 0 Å². The lowest BCUT2D eigenvalue weighted by Crippen LogP contribution is -2.37. The van der Waals surface area contributed by atoms with Gasteiger partial charge in [0.15, 0.2) is 0 Å². The van der Waals surface area contributed by atoms with E-state index in [1.54, 1.807) is 25.6 Å². The van der Waals surface area contributed by atoms with Crippen LogP contribution in [0.2, 0.25) is 0 Å². The third kappa shape index (κ3) is 3.46. The number of rotatable bonds is 5. The molecule has 1 aliphatic rings. The van der Waals surface area contributed by atoms with Crippen molar-refractivity contribution in [1.29, 1.82) is 0 Å². The van der Waals surface area contributed by atoms with Gasteiger partial charge in [0.2, 0.25) is 5.91 Å². The minimum absolute atomic E-state index is 0.0781. The maximum absolute atomic E-state index is 12.4. The number of carbonyl (C=O) groups is 1. The summed E-state index contributed by atoms with van der Waals surface area (Å²) in [4.78, 5) is 16.4. The second kappa shape index (κ2) is 7.21. The molecule has 110 valence electrons. The largest absolute Gasteiger partial charge is 0.494 e. The van der Waals surface area contributed by atoms with Gasteiger partial charge in [0.25, 0.3) is 0 Å². The van der Waals surface area contributed by atoms with Crippen LogP contribution in [-0.4, -0.2) is 37.8 Å². The predicted molar refractivity (Wildman–Crippen MR) is 75.5 cm³/mol. The zero-order valence-electron chi connectivity index (χ0n) is 11.7. The van der Waals surface area contributed by atoms with E-state index in [1.165, 1.54) is 0 Å². The fraction of sp³-hybridized carbons (Fsp3) is 0.571. The second-order valence-corrected chi connectivity index (χ2v) is 4.86. The number of aromatic nitrogens is 1. The molecule has 6 heteroatoms. The molecule has 2 heterocycles. The Balaban J connectivity index is 2.05. The van der Waals surface area contributed by atoms with Crippen LogP contribution in [0.4, 0.5) is 5.69 Å². The highest BCUT2D eigenvalue weighted by Gasteiger charge is 2.29. The molecule has 1 aromatic rings. The molecule has 2 rings (SSSR count). The zero-order chi connectivity index (χ0) is 14.4. The number of hydrogen-bond donors (Lipinski definition) is 2. The molecular weight excluding hydrogens is 258 g/mol. The Labute approximate surface area is 118 Å².